The van der Waals surface area contributed by atoms with Crippen molar-refractivity contribution >= 4 is 36.1 Å². The third-order valence-corrected chi connectivity index (χ3v) is 5.01. The van der Waals surface area contributed by atoms with Crippen LogP contribution >= 0.6 is 0 Å². The van der Waals surface area contributed by atoms with E-state index in [4.69, 9.17) is 0 Å². The van der Waals surface area contributed by atoms with Gasteiger partial charge in [-0.1, -0.05) is 0 Å². The van der Waals surface area contributed by atoms with Crippen LogP contribution in [0.15, 0.2) is 54.6 Å². The molecule has 92 valence electrons. The second kappa shape index (κ2) is 6.04. The van der Waals surface area contributed by atoms with E-state index in [1.54, 1.807) is 4.90 Å². The molecule has 0 radical (unpaired) electrons. The van der Waals surface area contributed by atoms with Crippen molar-refractivity contribution in [3.63, 3.8) is 0 Å². The number of nitrogens with zero attached hydrogens (tertiary/aromatic N) is 1. The molecule has 1 amide bonds. The molecule has 0 saturated carbocycles. The second-order valence-corrected chi connectivity index (χ2v) is 6.32. The molecule has 0 fully saturated rings. The van der Waals surface area contributed by atoms with Gasteiger partial charge in [-0.05, 0) is 0 Å². The van der Waals surface area contributed by atoms with E-state index in [-0.39, 0.29) is 26.8 Å². The van der Waals surface area contributed by atoms with E-state index < -0.39 is 0 Å². The Morgan fingerprint density at radius 1 is 1.00 bits per heavy atom. The van der Waals surface area contributed by atoms with Gasteiger partial charge in [-0.25, -0.2) is 0 Å². The molecule has 2 aromatic carbocycles. The van der Waals surface area contributed by atoms with E-state index in [9.17, 15) is 4.79 Å². The van der Waals surface area contributed by atoms with Crippen LogP contribution in [0.4, 0.5) is 5.69 Å². The summed E-state index contributed by atoms with van der Waals surface area (Å²) in [6.07, 6.45) is 0. The average molecular weight is 353 g/mol. The molecular weight excluding hydrogens is 338 g/mol. The molecule has 0 aromatic heterocycles. The zero-order valence-electron chi connectivity index (χ0n) is 10.5. The molecule has 0 spiro atoms. The van der Waals surface area contributed by atoms with Crippen LogP contribution in [0.25, 0.3) is 0 Å². The number of hydrogen-bond donors (Lipinski definition) is 0. The summed E-state index contributed by atoms with van der Waals surface area (Å²) in [7, 11) is 1.84. The van der Waals surface area contributed by atoms with Crippen molar-refractivity contribution in [2.75, 3.05) is 11.9 Å². The zero-order valence-corrected chi connectivity index (χ0v) is 12.8. The monoisotopic (exact) mass is 355 g/mol. The molecule has 0 aliphatic heterocycles. The molecule has 0 unspecified atom stereocenters. The van der Waals surface area contributed by atoms with Gasteiger partial charge in [0.05, 0.1) is 0 Å². The normalized spacial score (nSPS) is 10.1. The van der Waals surface area contributed by atoms with Gasteiger partial charge in [-0.3, -0.25) is 0 Å². The molecule has 2 rings (SSSR count). The fraction of sp³-hybridized carbons (Fsp3) is 0.133. The summed E-state index contributed by atoms with van der Waals surface area (Å²) >= 11 is -0.209. The number of carbonyl (C=O) groups excluding carboxylic acids is 1. The number of rotatable bonds is 3. The Morgan fingerprint density at radius 3 is 2.28 bits per heavy atom. The molecule has 0 heterocycles. The summed E-state index contributed by atoms with van der Waals surface area (Å²) < 4.78 is 1.31. The first-order chi connectivity index (χ1) is 8.74. The van der Waals surface area contributed by atoms with Gasteiger partial charge in [0.2, 0.25) is 0 Å². The molecule has 0 aliphatic rings. The fourth-order valence-corrected chi connectivity index (χ4v) is 3.59. The van der Waals surface area contributed by atoms with Crippen LogP contribution in [0.3, 0.4) is 0 Å². The molecule has 2 nitrogen and oxygen atoms in total. The second-order valence-electron chi connectivity index (χ2n) is 3.90. The van der Waals surface area contributed by atoms with Gasteiger partial charge >= 0.3 is 118 Å². The van der Waals surface area contributed by atoms with Crippen molar-refractivity contribution in [2.45, 2.75) is 4.97 Å². The Labute approximate surface area is 118 Å². The maximum absolute atomic E-state index is 12.4. The minimum atomic E-state index is -0.209. The molecule has 0 bridgehead atoms. The Kier molecular flexibility index (Phi) is 4.41. The van der Waals surface area contributed by atoms with Gasteiger partial charge < -0.3 is 0 Å². The van der Waals surface area contributed by atoms with Gasteiger partial charge in [0.15, 0.2) is 0 Å². The van der Waals surface area contributed by atoms with Crippen LogP contribution in [-0.2, 0) is 0 Å². The quantitative estimate of drug-likeness (QED) is 0.776. The zero-order chi connectivity index (χ0) is 13.0. The van der Waals surface area contributed by atoms with E-state index >= 15 is 0 Å². The summed E-state index contributed by atoms with van der Waals surface area (Å²) in [5.74, 6) is 0.0453. The first-order valence-electron chi connectivity index (χ1n) is 5.70. The maximum atomic E-state index is 12.4. The first-order valence-corrected chi connectivity index (χ1v) is 9.19. The van der Waals surface area contributed by atoms with Gasteiger partial charge in [0, 0.05) is 0 Å². The van der Waals surface area contributed by atoms with E-state index in [2.05, 4.69) is 11.0 Å². The summed E-state index contributed by atoms with van der Waals surface area (Å²) in [6.45, 7) is 0. The number of benzene rings is 2. The van der Waals surface area contributed by atoms with Crippen LogP contribution < -0.4 is 8.51 Å². The number of amides is 1. The Balaban J connectivity index is 2.31. The number of carbonyl (C=O) groups is 1. The number of para-hydroxylation sites is 1. The predicted molar refractivity (Wildman–Crippen MR) is 76.9 cm³/mol. The molecule has 3 heteroatoms. The van der Waals surface area contributed by atoms with Crippen molar-refractivity contribution < 1.29 is 4.79 Å². The van der Waals surface area contributed by atoms with Crippen LogP contribution in [0, 0.1) is 0 Å². The SMILES string of the molecule is C[Te]c1ccccc1N(C)C(=O)c1ccccc1. The molecule has 0 N–H and O–H groups in total. The molecule has 0 saturated heterocycles. The third-order valence-electron chi connectivity index (χ3n) is 2.77. The predicted octanol–water partition coefficient (Wildman–Crippen LogP) is 2.34. The van der Waals surface area contributed by atoms with E-state index in [1.807, 2.05) is 55.6 Å². The van der Waals surface area contributed by atoms with Gasteiger partial charge in [-0.2, -0.15) is 0 Å². The standard InChI is InChI=1S/C15H15NOTe/c1-16(13-10-6-7-11-14(13)18-2)15(17)12-8-4-3-5-9-12/h3-11H,1-2H3. The fourth-order valence-electron chi connectivity index (χ4n) is 1.79. The van der Waals surface area contributed by atoms with Gasteiger partial charge in [-0.15, -0.1) is 0 Å². The van der Waals surface area contributed by atoms with Crippen LogP contribution in [0.5, 0.6) is 0 Å². The first kappa shape index (κ1) is 13.1. The van der Waals surface area contributed by atoms with Gasteiger partial charge in [0.25, 0.3) is 0 Å². The summed E-state index contributed by atoms with van der Waals surface area (Å²) in [5.41, 5.74) is 1.77. The van der Waals surface area contributed by atoms with E-state index in [0.29, 0.717) is 0 Å². The number of anilines is 1. The Bertz CT molecular complexity index is 539. The van der Waals surface area contributed by atoms with Crippen LogP contribution in [0.1, 0.15) is 10.4 Å². The van der Waals surface area contributed by atoms with Crippen molar-refractivity contribution in [1.29, 1.82) is 0 Å². The molecular formula is C15H15NOTe. The molecule has 0 atom stereocenters. The topological polar surface area (TPSA) is 20.3 Å². The van der Waals surface area contributed by atoms with Crippen molar-refractivity contribution in [3.05, 3.63) is 60.2 Å². The van der Waals surface area contributed by atoms with Crippen LogP contribution in [-0.4, -0.2) is 33.9 Å². The molecule has 2 aromatic rings. The van der Waals surface area contributed by atoms with Crippen molar-refractivity contribution in [1.82, 2.24) is 0 Å². The van der Waals surface area contributed by atoms with Crippen LogP contribution in [0.2, 0.25) is 4.97 Å². The Morgan fingerprint density at radius 2 is 1.61 bits per heavy atom. The number of hydrogen-bond acceptors (Lipinski definition) is 1. The summed E-state index contributed by atoms with van der Waals surface area (Å²) in [5, 5.41) is 0. The third kappa shape index (κ3) is 2.75. The molecule has 0 aliphatic carbocycles. The summed E-state index contributed by atoms with van der Waals surface area (Å²) in [6, 6.07) is 17.6. The summed E-state index contributed by atoms with van der Waals surface area (Å²) in [4.78, 5) is 16.3. The van der Waals surface area contributed by atoms with E-state index in [0.717, 1.165) is 11.3 Å². The average Bonchev–Trinajstić information content (AvgIpc) is 2.46. The van der Waals surface area contributed by atoms with Crippen molar-refractivity contribution in [3.8, 4) is 0 Å². The minimum absolute atomic E-state index is 0.0453. The van der Waals surface area contributed by atoms with Gasteiger partial charge in [0.1, 0.15) is 0 Å². The van der Waals surface area contributed by atoms with E-state index in [1.165, 1.54) is 3.61 Å². The Hall–Kier alpha value is -1.30. The van der Waals surface area contributed by atoms with Crippen molar-refractivity contribution in [2.24, 2.45) is 0 Å². The molecule has 18 heavy (non-hydrogen) atoms.